The van der Waals surface area contributed by atoms with Crippen LogP contribution in [-0.2, 0) is 16.1 Å². The van der Waals surface area contributed by atoms with Gasteiger partial charge in [0, 0.05) is 12.1 Å². The van der Waals surface area contributed by atoms with Crippen LogP contribution in [0.5, 0.6) is 5.75 Å². The number of carboxylic acid groups (broad SMARTS) is 1. The maximum Gasteiger partial charge on any atom is 0.307 e. The number of carboxylic acids is 1. The van der Waals surface area contributed by atoms with Gasteiger partial charge in [-0.2, -0.15) is 0 Å². The Morgan fingerprint density at radius 2 is 1.74 bits per heavy atom. The standard InChI is InChI=1S/C18H23NO4/c1-23-14-5-3-2-4-13(14)10-19-17(20)15-11-6-8-12(9-7-11)16(15)18(21)22/h2-5,11-12,15-16H,6-10H2,1H3,(H,19,20)(H,21,22). The molecule has 23 heavy (non-hydrogen) atoms. The van der Waals surface area contributed by atoms with Gasteiger partial charge in [-0.15, -0.1) is 0 Å². The largest absolute Gasteiger partial charge is 0.496 e. The predicted molar refractivity (Wildman–Crippen MR) is 84.9 cm³/mol. The van der Waals surface area contributed by atoms with Gasteiger partial charge >= 0.3 is 5.97 Å². The average Bonchev–Trinajstić information content (AvgIpc) is 2.59. The Morgan fingerprint density at radius 3 is 2.35 bits per heavy atom. The molecule has 3 aliphatic carbocycles. The molecule has 1 amide bonds. The van der Waals surface area contributed by atoms with E-state index < -0.39 is 17.8 Å². The van der Waals surface area contributed by atoms with Crippen molar-refractivity contribution in [1.82, 2.24) is 5.32 Å². The second-order valence-electron chi connectivity index (χ2n) is 6.59. The molecule has 4 rings (SSSR count). The Labute approximate surface area is 136 Å². The molecule has 0 heterocycles. The van der Waals surface area contributed by atoms with E-state index in [1.165, 1.54) is 0 Å². The molecule has 3 fully saturated rings. The number of fused-ring (bicyclic) bond motifs is 3. The van der Waals surface area contributed by atoms with Crippen LogP contribution in [0, 0.1) is 23.7 Å². The number of nitrogens with one attached hydrogen (secondary N) is 1. The van der Waals surface area contributed by atoms with Crippen LogP contribution in [-0.4, -0.2) is 24.1 Å². The fraction of sp³-hybridized carbons (Fsp3) is 0.556. The zero-order chi connectivity index (χ0) is 16.4. The zero-order valence-corrected chi connectivity index (χ0v) is 13.3. The molecule has 5 heteroatoms. The molecule has 0 spiro atoms. The molecule has 3 saturated carbocycles. The summed E-state index contributed by atoms with van der Waals surface area (Å²) < 4.78 is 5.29. The van der Waals surface area contributed by atoms with Gasteiger partial charge in [0.25, 0.3) is 0 Å². The summed E-state index contributed by atoms with van der Waals surface area (Å²) in [6.07, 6.45) is 3.83. The van der Waals surface area contributed by atoms with E-state index in [1.54, 1.807) is 7.11 Å². The van der Waals surface area contributed by atoms with Crippen molar-refractivity contribution < 1.29 is 19.4 Å². The normalized spacial score (nSPS) is 29.1. The first-order valence-corrected chi connectivity index (χ1v) is 8.24. The molecular formula is C18H23NO4. The van der Waals surface area contributed by atoms with E-state index in [-0.39, 0.29) is 17.7 Å². The number of benzene rings is 1. The number of amides is 1. The van der Waals surface area contributed by atoms with Gasteiger partial charge in [0.05, 0.1) is 18.9 Å². The summed E-state index contributed by atoms with van der Waals surface area (Å²) in [6.45, 7) is 0.364. The lowest BCUT2D eigenvalue weighted by atomic mass is 9.58. The molecule has 1 aromatic carbocycles. The number of carbonyl (C=O) groups excluding carboxylic acids is 1. The maximum atomic E-state index is 12.7. The Morgan fingerprint density at radius 1 is 1.13 bits per heavy atom. The van der Waals surface area contributed by atoms with E-state index in [1.807, 2.05) is 24.3 Å². The first kappa shape index (κ1) is 15.8. The fourth-order valence-corrected chi connectivity index (χ4v) is 4.33. The van der Waals surface area contributed by atoms with Crippen LogP contribution in [0.3, 0.4) is 0 Å². The highest BCUT2D eigenvalue weighted by molar-refractivity contribution is 5.85. The zero-order valence-electron chi connectivity index (χ0n) is 13.3. The fourth-order valence-electron chi connectivity index (χ4n) is 4.33. The van der Waals surface area contributed by atoms with Crippen molar-refractivity contribution in [3.8, 4) is 5.75 Å². The number of para-hydroxylation sites is 1. The van der Waals surface area contributed by atoms with E-state index >= 15 is 0 Å². The first-order chi connectivity index (χ1) is 11.1. The van der Waals surface area contributed by atoms with Crippen LogP contribution in [0.4, 0.5) is 0 Å². The summed E-state index contributed by atoms with van der Waals surface area (Å²) in [6, 6.07) is 7.53. The highest BCUT2D eigenvalue weighted by Gasteiger charge is 2.50. The maximum absolute atomic E-state index is 12.7. The highest BCUT2D eigenvalue weighted by Crippen LogP contribution is 2.49. The number of ether oxygens (including phenoxy) is 1. The Balaban J connectivity index is 1.70. The third-order valence-electron chi connectivity index (χ3n) is 5.45. The minimum absolute atomic E-state index is 0.127. The minimum atomic E-state index is -0.822. The molecule has 0 aliphatic heterocycles. The first-order valence-electron chi connectivity index (χ1n) is 8.24. The third-order valence-corrected chi connectivity index (χ3v) is 5.45. The lowest BCUT2D eigenvalue weighted by molar-refractivity contribution is -0.158. The van der Waals surface area contributed by atoms with E-state index in [0.717, 1.165) is 37.0 Å². The molecule has 2 unspecified atom stereocenters. The van der Waals surface area contributed by atoms with E-state index in [2.05, 4.69) is 5.32 Å². The summed E-state index contributed by atoms with van der Waals surface area (Å²) >= 11 is 0. The Kier molecular flexibility index (Phi) is 4.55. The van der Waals surface area contributed by atoms with Gasteiger partial charge in [0.1, 0.15) is 5.75 Å². The summed E-state index contributed by atoms with van der Waals surface area (Å²) in [5.41, 5.74) is 0.899. The van der Waals surface area contributed by atoms with Crippen molar-refractivity contribution in [2.75, 3.05) is 7.11 Å². The average molecular weight is 317 g/mol. The van der Waals surface area contributed by atoms with E-state index in [9.17, 15) is 14.7 Å². The number of hydrogen-bond donors (Lipinski definition) is 2. The number of aliphatic carboxylic acids is 1. The van der Waals surface area contributed by atoms with Crippen LogP contribution >= 0.6 is 0 Å². The van der Waals surface area contributed by atoms with Crippen molar-refractivity contribution in [3.05, 3.63) is 29.8 Å². The summed E-state index contributed by atoms with van der Waals surface area (Å²) in [4.78, 5) is 24.3. The third kappa shape index (κ3) is 3.05. The van der Waals surface area contributed by atoms with Crippen LogP contribution in [0.1, 0.15) is 31.2 Å². The monoisotopic (exact) mass is 317 g/mol. The van der Waals surface area contributed by atoms with Gasteiger partial charge in [-0.05, 0) is 43.6 Å². The van der Waals surface area contributed by atoms with Gasteiger partial charge in [-0.1, -0.05) is 18.2 Å². The van der Waals surface area contributed by atoms with Crippen molar-refractivity contribution in [3.63, 3.8) is 0 Å². The number of rotatable bonds is 5. The van der Waals surface area contributed by atoms with Crippen LogP contribution < -0.4 is 10.1 Å². The van der Waals surface area contributed by atoms with Gasteiger partial charge < -0.3 is 15.2 Å². The highest BCUT2D eigenvalue weighted by atomic mass is 16.5. The van der Waals surface area contributed by atoms with Crippen LogP contribution in [0.2, 0.25) is 0 Å². The summed E-state index contributed by atoms with van der Waals surface area (Å²) in [5, 5.41) is 12.5. The second-order valence-corrected chi connectivity index (χ2v) is 6.59. The molecule has 2 bridgehead atoms. The van der Waals surface area contributed by atoms with Crippen molar-refractivity contribution in [2.24, 2.45) is 23.7 Å². The molecule has 0 aromatic heterocycles. The summed E-state index contributed by atoms with van der Waals surface area (Å²) in [5.74, 6) is -0.782. The molecule has 0 radical (unpaired) electrons. The van der Waals surface area contributed by atoms with E-state index in [0.29, 0.717) is 6.54 Å². The number of carbonyl (C=O) groups is 2. The molecule has 124 valence electrons. The number of hydrogen-bond acceptors (Lipinski definition) is 3. The van der Waals surface area contributed by atoms with Crippen molar-refractivity contribution >= 4 is 11.9 Å². The minimum Gasteiger partial charge on any atom is -0.496 e. The van der Waals surface area contributed by atoms with Gasteiger partial charge in [0.15, 0.2) is 0 Å². The predicted octanol–water partition coefficient (Wildman–Crippen LogP) is 2.45. The Bertz CT molecular complexity index is 592. The van der Waals surface area contributed by atoms with Gasteiger partial charge in [-0.3, -0.25) is 9.59 Å². The molecule has 2 atom stereocenters. The lowest BCUT2D eigenvalue weighted by Crippen LogP contribution is -2.50. The lowest BCUT2D eigenvalue weighted by Gasteiger charge is -2.45. The molecular weight excluding hydrogens is 294 g/mol. The quantitative estimate of drug-likeness (QED) is 0.874. The molecule has 1 aromatic rings. The van der Waals surface area contributed by atoms with Gasteiger partial charge in [0.2, 0.25) is 5.91 Å². The van der Waals surface area contributed by atoms with Crippen molar-refractivity contribution in [2.45, 2.75) is 32.2 Å². The SMILES string of the molecule is COc1ccccc1CNC(=O)C1C2CCC(CC2)C1C(=O)O. The topological polar surface area (TPSA) is 75.6 Å². The van der Waals surface area contributed by atoms with Crippen molar-refractivity contribution in [1.29, 1.82) is 0 Å². The molecule has 2 N–H and O–H groups in total. The van der Waals surface area contributed by atoms with Crippen LogP contribution in [0.25, 0.3) is 0 Å². The number of methoxy groups -OCH3 is 1. The molecule has 0 saturated heterocycles. The molecule has 5 nitrogen and oxygen atoms in total. The van der Waals surface area contributed by atoms with Crippen LogP contribution in [0.15, 0.2) is 24.3 Å². The molecule has 3 aliphatic rings. The van der Waals surface area contributed by atoms with E-state index in [4.69, 9.17) is 4.74 Å². The summed E-state index contributed by atoms with van der Waals surface area (Å²) in [7, 11) is 1.60. The Hall–Kier alpha value is -2.04. The second kappa shape index (κ2) is 6.60. The van der Waals surface area contributed by atoms with Gasteiger partial charge in [-0.25, -0.2) is 0 Å². The smallest absolute Gasteiger partial charge is 0.307 e.